The molecule has 5 nitrogen and oxygen atoms in total. The van der Waals surface area contributed by atoms with E-state index in [1.807, 2.05) is 30.3 Å². The van der Waals surface area contributed by atoms with Gasteiger partial charge in [0.1, 0.15) is 0 Å². The number of carboxylic acid groups (broad SMARTS) is 1. The second kappa shape index (κ2) is 7.04. The Bertz CT molecular complexity index is 518. The van der Waals surface area contributed by atoms with Gasteiger partial charge in [-0.1, -0.05) is 30.3 Å². The lowest BCUT2D eigenvalue weighted by atomic mass is 9.80. The highest BCUT2D eigenvalue weighted by Crippen LogP contribution is 2.30. The fraction of sp³-hybridized carbons (Fsp3) is 0.375. The molecule has 1 heterocycles. The smallest absolute Gasteiger partial charge is 0.311 e. The second-order valence-corrected chi connectivity index (χ2v) is 5.16. The molecular weight excluding hydrogens is 270 g/mol. The molecule has 0 aromatic heterocycles. The van der Waals surface area contributed by atoms with Crippen LogP contribution in [0.25, 0.3) is 6.08 Å². The predicted octanol–water partition coefficient (Wildman–Crippen LogP) is 1.70. The van der Waals surface area contributed by atoms with Crippen LogP contribution >= 0.6 is 0 Å². The van der Waals surface area contributed by atoms with Gasteiger partial charge in [-0.05, 0) is 24.5 Å². The summed E-state index contributed by atoms with van der Waals surface area (Å²) in [5, 5.41) is 12.1. The minimum absolute atomic E-state index is 0.129. The van der Waals surface area contributed by atoms with Crippen LogP contribution in [0.1, 0.15) is 18.4 Å². The molecule has 0 radical (unpaired) electrons. The Morgan fingerprint density at radius 1 is 1.24 bits per heavy atom. The van der Waals surface area contributed by atoms with Crippen molar-refractivity contribution in [1.29, 1.82) is 0 Å². The molecule has 5 heteroatoms. The minimum atomic E-state index is -0.908. The number of nitrogens with one attached hydrogen (secondary N) is 1. The number of ether oxygens (including phenoxy) is 1. The van der Waals surface area contributed by atoms with Gasteiger partial charge in [-0.15, -0.1) is 0 Å². The van der Waals surface area contributed by atoms with Crippen LogP contribution in [0.2, 0.25) is 0 Å². The van der Waals surface area contributed by atoms with Crippen molar-refractivity contribution < 1.29 is 19.4 Å². The summed E-state index contributed by atoms with van der Waals surface area (Å²) >= 11 is 0. The van der Waals surface area contributed by atoms with Crippen molar-refractivity contribution in [3.63, 3.8) is 0 Å². The molecule has 21 heavy (non-hydrogen) atoms. The third-order valence-corrected chi connectivity index (χ3v) is 3.73. The Labute approximate surface area is 123 Å². The minimum Gasteiger partial charge on any atom is -0.481 e. The van der Waals surface area contributed by atoms with E-state index in [0.29, 0.717) is 26.1 Å². The van der Waals surface area contributed by atoms with Gasteiger partial charge in [0, 0.05) is 25.8 Å². The molecule has 1 aliphatic rings. The Balaban J connectivity index is 1.90. The van der Waals surface area contributed by atoms with E-state index < -0.39 is 11.4 Å². The van der Waals surface area contributed by atoms with Gasteiger partial charge in [-0.3, -0.25) is 9.59 Å². The second-order valence-electron chi connectivity index (χ2n) is 5.16. The van der Waals surface area contributed by atoms with Gasteiger partial charge in [0.25, 0.3) is 0 Å². The number of benzene rings is 1. The van der Waals surface area contributed by atoms with Crippen LogP contribution in [0.4, 0.5) is 0 Å². The van der Waals surface area contributed by atoms with Crippen LogP contribution in [0.5, 0.6) is 0 Å². The Morgan fingerprint density at radius 3 is 2.52 bits per heavy atom. The van der Waals surface area contributed by atoms with Gasteiger partial charge >= 0.3 is 5.97 Å². The number of aliphatic carboxylic acids is 1. The number of carbonyl (C=O) groups is 2. The van der Waals surface area contributed by atoms with Gasteiger partial charge in [0.2, 0.25) is 5.91 Å². The maximum Gasteiger partial charge on any atom is 0.311 e. The summed E-state index contributed by atoms with van der Waals surface area (Å²) in [5.74, 6) is -1.16. The lowest BCUT2D eigenvalue weighted by Crippen LogP contribution is -2.46. The molecule has 0 aliphatic carbocycles. The monoisotopic (exact) mass is 289 g/mol. The zero-order valence-corrected chi connectivity index (χ0v) is 11.7. The number of amides is 1. The predicted molar refractivity (Wildman–Crippen MR) is 78.6 cm³/mol. The van der Waals surface area contributed by atoms with Crippen LogP contribution in [0.15, 0.2) is 36.4 Å². The first-order valence-electron chi connectivity index (χ1n) is 6.94. The van der Waals surface area contributed by atoms with Gasteiger partial charge in [-0.2, -0.15) is 0 Å². The number of carboxylic acids is 1. The standard InChI is InChI=1S/C16H19NO4/c18-14(7-6-13-4-2-1-3-5-13)17-12-16(15(19)20)8-10-21-11-9-16/h1-7H,8-12H2,(H,17,18)(H,19,20)/b7-6+. The van der Waals surface area contributed by atoms with Crippen molar-refractivity contribution in [3.05, 3.63) is 42.0 Å². The first-order valence-corrected chi connectivity index (χ1v) is 6.94. The highest BCUT2D eigenvalue weighted by molar-refractivity contribution is 5.92. The molecular formula is C16H19NO4. The number of hydrogen-bond donors (Lipinski definition) is 2. The van der Waals surface area contributed by atoms with Crippen molar-refractivity contribution in [2.75, 3.05) is 19.8 Å². The van der Waals surface area contributed by atoms with E-state index in [1.54, 1.807) is 6.08 Å². The molecule has 0 spiro atoms. The van der Waals surface area contributed by atoms with Gasteiger partial charge in [0.05, 0.1) is 5.41 Å². The summed E-state index contributed by atoms with van der Waals surface area (Å²) in [4.78, 5) is 23.2. The normalized spacial score (nSPS) is 17.5. The Hall–Kier alpha value is -2.14. The van der Waals surface area contributed by atoms with Gasteiger partial charge in [0.15, 0.2) is 0 Å². The highest BCUT2D eigenvalue weighted by Gasteiger charge is 2.40. The number of carbonyl (C=O) groups excluding carboxylic acids is 1. The van der Waals surface area contributed by atoms with E-state index in [1.165, 1.54) is 6.08 Å². The summed E-state index contributed by atoms with van der Waals surface area (Å²) in [6.45, 7) is 0.966. The molecule has 2 N–H and O–H groups in total. The first-order chi connectivity index (χ1) is 10.1. The molecule has 2 rings (SSSR count). The molecule has 0 saturated carbocycles. The van der Waals surface area contributed by atoms with Crippen molar-refractivity contribution in [2.45, 2.75) is 12.8 Å². The number of rotatable bonds is 5. The number of hydrogen-bond acceptors (Lipinski definition) is 3. The van der Waals surface area contributed by atoms with Gasteiger partial charge in [-0.25, -0.2) is 0 Å². The maximum atomic E-state index is 11.8. The lowest BCUT2D eigenvalue weighted by molar-refractivity contribution is -0.154. The van der Waals surface area contributed by atoms with Gasteiger partial charge < -0.3 is 15.2 Å². The molecule has 0 bridgehead atoms. The summed E-state index contributed by atoms with van der Waals surface area (Å²) in [6.07, 6.45) is 3.97. The SMILES string of the molecule is O=C(/C=C/c1ccccc1)NCC1(C(=O)O)CCOCC1. The topological polar surface area (TPSA) is 75.6 Å². The third kappa shape index (κ3) is 4.16. The Morgan fingerprint density at radius 2 is 1.90 bits per heavy atom. The summed E-state index contributed by atoms with van der Waals surface area (Å²) in [6, 6.07) is 9.46. The first kappa shape index (κ1) is 15.3. The van der Waals surface area contributed by atoms with E-state index in [4.69, 9.17) is 4.74 Å². The van der Waals surface area contributed by atoms with E-state index in [-0.39, 0.29) is 12.5 Å². The summed E-state index contributed by atoms with van der Waals surface area (Å²) < 4.78 is 5.20. The average Bonchev–Trinajstić information content (AvgIpc) is 2.52. The highest BCUT2D eigenvalue weighted by atomic mass is 16.5. The molecule has 1 aromatic carbocycles. The third-order valence-electron chi connectivity index (χ3n) is 3.73. The maximum absolute atomic E-state index is 11.8. The van der Waals surface area contributed by atoms with Crippen molar-refractivity contribution in [3.8, 4) is 0 Å². The molecule has 1 saturated heterocycles. The lowest BCUT2D eigenvalue weighted by Gasteiger charge is -2.32. The average molecular weight is 289 g/mol. The molecule has 1 aliphatic heterocycles. The van der Waals surface area contributed by atoms with E-state index in [2.05, 4.69) is 5.32 Å². The van der Waals surface area contributed by atoms with Crippen molar-refractivity contribution >= 4 is 18.0 Å². The van der Waals surface area contributed by atoms with E-state index >= 15 is 0 Å². The molecule has 0 atom stereocenters. The van der Waals surface area contributed by atoms with Crippen molar-refractivity contribution in [1.82, 2.24) is 5.32 Å². The fourth-order valence-corrected chi connectivity index (χ4v) is 2.28. The van der Waals surface area contributed by atoms with E-state index in [0.717, 1.165) is 5.56 Å². The molecule has 1 amide bonds. The van der Waals surface area contributed by atoms with E-state index in [9.17, 15) is 14.7 Å². The zero-order valence-electron chi connectivity index (χ0n) is 11.7. The molecule has 1 fully saturated rings. The molecule has 1 aromatic rings. The quantitative estimate of drug-likeness (QED) is 0.809. The Kier molecular flexibility index (Phi) is 5.11. The molecule has 0 unspecified atom stereocenters. The van der Waals surface area contributed by atoms with Crippen molar-refractivity contribution in [2.24, 2.45) is 5.41 Å². The van der Waals surface area contributed by atoms with Crippen LogP contribution in [-0.4, -0.2) is 36.7 Å². The van der Waals surface area contributed by atoms with Crippen LogP contribution in [0.3, 0.4) is 0 Å². The van der Waals surface area contributed by atoms with Crippen LogP contribution in [-0.2, 0) is 14.3 Å². The van der Waals surface area contributed by atoms with Crippen LogP contribution < -0.4 is 5.32 Å². The fourth-order valence-electron chi connectivity index (χ4n) is 2.28. The summed E-state index contributed by atoms with van der Waals surface area (Å²) in [5.41, 5.74) is 0.0146. The summed E-state index contributed by atoms with van der Waals surface area (Å²) in [7, 11) is 0. The zero-order chi connectivity index (χ0) is 15.1. The molecule has 112 valence electrons. The largest absolute Gasteiger partial charge is 0.481 e. The van der Waals surface area contributed by atoms with Crippen LogP contribution in [0, 0.1) is 5.41 Å².